The number of hydrogen-bond acceptors (Lipinski definition) is 6. The first kappa shape index (κ1) is 21.5. The maximum Gasteiger partial charge on any atom is 0.289 e. The summed E-state index contributed by atoms with van der Waals surface area (Å²) >= 11 is 0. The molecule has 0 aliphatic carbocycles. The SMILES string of the molecule is COc1ccccc1[C@H](C)N(CCCC=O)S(=O)(=O)c1ccccc1[N+](=O)[O-]. The van der Waals surface area contributed by atoms with Gasteiger partial charge in [-0.15, -0.1) is 0 Å². The maximum absolute atomic E-state index is 13.4. The van der Waals surface area contributed by atoms with E-state index in [-0.39, 0.29) is 17.9 Å². The van der Waals surface area contributed by atoms with Crippen molar-refractivity contribution in [2.45, 2.75) is 30.7 Å². The van der Waals surface area contributed by atoms with Gasteiger partial charge in [-0.05, 0) is 25.5 Å². The van der Waals surface area contributed by atoms with Crippen LogP contribution in [0.3, 0.4) is 0 Å². The van der Waals surface area contributed by atoms with Gasteiger partial charge in [0.2, 0.25) is 10.0 Å². The molecule has 0 aliphatic heterocycles. The number of sulfonamides is 1. The van der Waals surface area contributed by atoms with Crippen LogP contribution in [0.2, 0.25) is 0 Å². The molecule has 0 N–H and O–H groups in total. The molecule has 0 saturated carbocycles. The monoisotopic (exact) mass is 406 g/mol. The summed E-state index contributed by atoms with van der Waals surface area (Å²) in [6.07, 6.45) is 1.19. The van der Waals surface area contributed by atoms with Gasteiger partial charge >= 0.3 is 0 Å². The lowest BCUT2D eigenvalue weighted by Gasteiger charge is -2.29. The zero-order chi connectivity index (χ0) is 20.7. The number of nitrogens with zero attached hydrogens (tertiary/aromatic N) is 2. The number of para-hydroxylation sites is 2. The van der Waals surface area contributed by atoms with Crippen LogP contribution < -0.4 is 4.74 Å². The minimum Gasteiger partial charge on any atom is -0.496 e. The van der Waals surface area contributed by atoms with Crippen LogP contribution in [0, 0.1) is 10.1 Å². The summed E-state index contributed by atoms with van der Waals surface area (Å²) < 4.78 is 33.2. The third kappa shape index (κ3) is 4.55. The third-order valence-corrected chi connectivity index (χ3v) is 6.39. The van der Waals surface area contributed by atoms with Gasteiger partial charge in [0, 0.05) is 24.6 Å². The number of nitro groups is 1. The lowest BCUT2D eigenvalue weighted by molar-refractivity contribution is -0.387. The van der Waals surface area contributed by atoms with Crippen molar-refractivity contribution in [2.75, 3.05) is 13.7 Å². The summed E-state index contributed by atoms with van der Waals surface area (Å²) in [4.78, 5) is 21.0. The molecule has 150 valence electrons. The number of aldehydes is 1. The molecule has 0 radical (unpaired) electrons. The van der Waals surface area contributed by atoms with Gasteiger partial charge in [0.25, 0.3) is 5.69 Å². The van der Waals surface area contributed by atoms with Crippen molar-refractivity contribution >= 4 is 22.0 Å². The van der Waals surface area contributed by atoms with E-state index >= 15 is 0 Å². The van der Waals surface area contributed by atoms with Crippen molar-refractivity contribution in [2.24, 2.45) is 0 Å². The minimum absolute atomic E-state index is 0.0341. The quantitative estimate of drug-likeness (QED) is 0.259. The van der Waals surface area contributed by atoms with Crippen molar-refractivity contribution in [3.8, 4) is 5.75 Å². The smallest absolute Gasteiger partial charge is 0.289 e. The average molecular weight is 406 g/mol. The van der Waals surface area contributed by atoms with Gasteiger partial charge in [0.05, 0.1) is 18.1 Å². The topological polar surface area (TPSA) is 107 Å². The fourth-order valence-corrected chi connectivity index (χ4v) is 4.78. The van der Waals surface area contributed by atoms with Crippen molar-refractivity contribution in [3.63, 3.8) is 0 Å². The summed E-state index contributed by atoms with van der Waals surface area (Å²) in [6, 6.07) is 11.6. The lowest BCUT2D eigenvalue weighted by atomic mass is 10.1. The van der Waals surface area contributed by atoms with Gasteiger partial charge in [0.15, 0.2) is 4.90 Å². The Bertz CT molecular complexity index is 945. The molecule has 0 bridgehead atoms. The molecular weight excluding hydrogens is 384 g/mol. The van der Waals surface area contributed by atoms with Gasteiger partial charge in [-0.3, -0.25) is 10.1 Å². The fourth-order valence-electron chi connectivity index (χ4n) is 2.97. The Morgan fingerprint density at radius 3 is 2.46 bits per heavy atom. The second-order valence-corrected chi connectivity index (χ2v) is 7.93. The molecule has 9 heteroatoms. The van der Waals surface area contributed by atoms with Crippen LogP contribution in [-0.2, 0) is 14.8 Å². The van der Waals surface area contributed by atoms with E-state index in [1.165, 1.54) is 29.6 Å². The van der Waals surface area contributed by atoms with Gasteiger partial charge < -0.3 is 9.53 Å². The summed E-state index contributed by atoms with van der Waals surface area (Å²) in [5.41, 5.74) is 0.133. The molecule has 0 aromatic heterocycles. The standard InChI is InChI=1S/C19H22N2O6S/c1-15(16-9-3-5-11-18(16)27-2)20(13-7-8-14-22)28(25,26)19-12-6-4-10-17(19)21(23)24/h3-6,9-12,14-15H,7-8,13H2,1-2H3/t15-/m0/s1. The highest BCUT2D eigenvalue weighted by Gasteiger charge is 2.35. The van der Waals surface area contributed by atoms with Crippen LogP contribution in [0.15, 0.2) is 53.4 Å². The molecule has 0 amide bonds. The Balaban J connectivity index is 2.56. The second kappa shape index (κ2) is 9.43. The van der Waals surface area contributed by atoms with Crippen molar-refractivity contribution in [3.05, 3.63) is 64.2 Å². The second-order valence-electron chi connectivity index (χ2n) is 6.07. The Hall–Kier alpha value is -2.78. The molecule has 2 aromatic rings. The van der Waals surface area contributed by atoms with Crippen LogP contribution in [0.1, 0.15) is 31.4 Å². The zero-order valence-electron chi connectivity index (χ0n) is 15.6. The first-order valence-corrected chi connectivity index (χ1v) is 10.1. The highest BCUT2D eigenvalue weighted by Crippen LogP contribution is 2.35. The van der Waals surface area contributed by atoms with E-state index in [1.54, 1.807) is 31.2 Å². The Kier molecular flexibility index (Phi) is 7.24. The largest absolute Gasteiger partial charge is 0.496 e. The van der Waals surface area contributed by atoms with Crippen LogP contribution in [0.5, 0.6) is 5.75 Å². The first-order chi connectivity index (χ1) is 13.3. The van der Waals surface area contributed by atoms with Gasteiger partial charge in [-0.1, -0.05) is 30.3 Å². The molecule has 8 nitrogen and oxygen atoms in total. The van der Waals surface area contributed by atoms with Crippen molar-refractivity contribution in [1.29, 1.82) is 0 Å². The predicted molar refractivity (Wildman–Crippen MR) is 104 cm³/mol. The Morgan fingerprint density at radius 2 is 1.82 bits per heavy atom. The average Bonchev–Trinajstić information content (AvgIpc) is 2.70. The number of benzene rings is 2. The number of nitro benzene ring substituents is 1. The number of hydrogen-bond donors (Lipinski definition) is 0. The van der Waals surface area contributed by atoms with E-state index in [0.717, 1.165) is 6.07 Å². The number of methoxy groups -OCH3 is 1. The van der Waals surface area contributed by atoms with E-state index in [1.807, 2.05) is 0 Å². The molecule has 1 atom stereocenters. The first-order valence-electron chi connectivity index (χ1n) is 8.66. The number of unbranched alkanes of at least 4 members (excludes halogenated alkanes) is 1. The molecule has 2 rings (SSSR count). The summed E-state index contributed by atoms with van der Waals surface area (Å²) in [5, 5.41) is 11.3. The normalized spacial score (nSPS) is 12.5. The predicted octanol–water partition coefficient (Wildman–Crippen LogP) is 3.33. The molecule has 0 saturated heterocycles. The molecule has 0 unspecified atom stereocenters. The van der Waals surface area contributed by atoms with E-state index in [2.05, 4.69) is 0 Å². The summed E-state index contributed by atoms with van der Waals surface area (Å²) in [7, 11) is -2.72. The highest BCUT2D eigenvalue weighted by molar-refractivity contribution is 7.89. The summed E-state index contributed by atoms with van der Waals surface area (Å²) in [5.74, 6) is 0.508. The van der Waals surface area contributed by atoms with E-state index in [9.17, 15) is 23.3 Å². The van der Waals surface area contributed by atoms with Crippen molar-refractivity contribution in [1.82, 2.24) is 4.31 Å². The number of rotatable bonds is 10. The fraction of sp³-hybridized carbons (Fsp3) is 0.316. The van der Waals surface area contributed by atoms with Crippen LogP contribution in [-0.4, -0.2) is 37.6 Å². The number of carbonyl (C=O) groups excluding carboxylic acids is 1. The molecule has 0 fully saturated rings. The van der Waals surface area contributed by atoms with Crippen LogP contribution in [0.25, 0.3) is 0 Å². The highest BCUT2D eigenvalue weighted by atomic mass is 32.2. The summed E-state index contributed by atoms with van der Waals surface area (Å²) in [6.45, 7) is 1.72. The zero-order valence-corrected chi connectivity index (χ0v) is 16.5. The Labute approximate surface area is 163 Å². The third-order valence-electron chi connectivity index (χ3n) is 4.37. The molecule has 0 spiro atoms. The van der Waals surface area contributed by atoms with Gasteiger partial charge in [-0.2, -0.15) is 4.31 Å². The molecule has 2 aromatic carbocycles. The van der Waals surface area contributed by atoms with Gasteiger partial charge in [0.1, 0.15) is 12.0 Å². The van der Waals surface area contributed by atoms with E-state index in [0.29, 0.717) is 24.0 Å². The maximum atomic E-state index is 13.4. The van der Waals surface area contributed by atoms with Crippen LogP contribution in [0.4, 0.5) is 5.69 Å². The van der Waals surface area contributed by atoms with Crippen LogP contribution >= 0.6 is 0 Å². The molecule has 0 aliphatic rings. The Morgan fingerprint density at radius 1 is 1.18 bits per heavy atom. The minimum atomic E-state index is -4.21. The van der Waals surface area contributed by atoms with E-state index < -0.39 is 26.7 Å². The van der Waals surface area contributed by atoms with Gasteiger partial charge in [-0.25, -0.2) is 8.42 Å². The molecule has 28 heavy (non-hydrogen) atoms. The number of ether oxygens (including phenoxy) is 1. The molecular formula is C19H22N2O6S. The lowest BCUT2D eigenvalue weighted by Crippen LogP contribution is -2.35. The van der Waals surface area contributed by atoms with E-state index in [4.69, 9.17) is 4.74 Å². The molecule has 0 heterocycles. The number of carbonyl (C=O) groups is 1. The van der Waals surface area contributed by atoms with Crippen molar-refractivity contribution < 1.29 is 22.9 Å².